The normalized spacial score (nSPS) is 12.0. The van der Waals surface area contributed by atoms with Crippen LogP contribution >= 0.6 is 11.3 Å². The second-order valence-electron chi connectivity index (χ2n) is 6.24. The number of anilines is 1. The number of carbonyl (C=O) groups excluding carboxylic acids is 2. The van der Waals surface area contributed by atoms with E-state index in [1.807, 2.05) is 0 Å². The highest BCUT2D eigenvalue weighted by molar-refractivity contribution is 7.13. The van der Waals surface area contributed by atoms with E-state index in [0.29, 0.717) is 28.7 Å². The number of benzene rings is 1. The molecule has 0 bridgehead atoms. The summed E-state index contributed by atoms with van der Waals surface area (Å²) in [6.07, 6.45) is 5.72. The molecular weight excluding hydrogens is 366 g/mol. The highest BCUT2D eigenvalue weighted by atomic mass is 32.1. The summed E-state index contributed by atoms with van der Waals surface area (Å²) in [5.41, 5.74) is 0.483. The summed E-state index contributed by atoms with van der Waals surface area (Å²) in [4.78, 5) is 31.0. The predicted octanol–water partition coefficient (Wildman–Crippen LogP) is 3.53. The monoisotopic (exact) mass is 389 g/mol. The van der Waals surface area contributed by atoms with Gasteiger partial charge in [-0.3, -0.25) is 9.59 Å². The lowest BCUT2D eigenvalue weighted by atomic mass is 10.1. The molecule has 0 saturated heterocycles. The Bertz CT molecular complexity index is 779. The van der Waals surface area contributed by atoms with Gasteiger partial charge in [-0.25, -0.2) is 4.98 Å². The first kappa shape index (κ1) is 19.2. The molecule has 7 nitrogen and oxygen atoms in total. The van der Waals surface area contributed by atoms with Crippen molar-refractivity contribution in [2.24, 2.45) is 0 Å². The molecule has 1 aromatic heterocycles. The standard InChI is InChI=1S/C19H23N3O4S/c1-2-3-4-5-9-22(12-17(23)21-19-20-8-10-27-19)18(24)14-6-7-15-16(11-14)26-13-25-15/h6-8,10-11H,2-5,9,12-13H2,1H3,(H,20,21,23). The molecule has 2 heterocycles. The Morgan fingerprint density at radius 1 is 1.22 bits per heavy atom. The maximum absolute atomic E-state index is 13.0. The number of aromatic nitrogens is 1. The molecule has 27 heavy (non-hydrogen) atoms. The van der Waals surface area contributed by atoms with E-state index in [9.17, 15) is 9.59 Å². The maximum atomic E-state index is 13.0. The zero-order valence-corrected chi connectivity index (χ0v) is 16.1. The lowest BCUT2D eigenvalue weighted by molar-refractivity contribution is -0.116. The van der Waals surface area contributed by atoms with Crippen molar-refractivity contribution in [2.45, 2.75) is 32.6 Å². The second kappa shape index (κ2) is 9.36. The van der Waals surface area contributed by atoms with Crippen molar-refractivity contribution in [1.29, 1.82) is 0 Å². The van der Waals surface area contributed by atoms with Gasteiger partial charge in [0.25, 0.3) is 5.91 Å². The molecule has 0 radical (unpaired) electrons. The summed E-state index contributed by atoms with van der Waals surface area (Å²) in [6, 6.07) is 5.09. The fraction of sp³-hybridized carbons (Fsp3) is 0.421. The summed E-state index contributed by atoms with van der Waals surface area (Å²) >= 11 is 1.34. The maximum Gasteiger partial charge on any atom is 0.254 e. The molecule has 0 spiro atoms. The van der Waals surface area contributed by atoms with Crippen LogP contribution in [0.15, 0.2) is 29.8 Å². The molecule has 2 aromatic rings. The first-order valence-corrected chi connectivity index (χ1v) is 9.93. The average molecular weight is 389 g/mol. The van der Waals surface area contributed by atoms with E-state index in [1.165, 1.54) is 11.3 Å². The summed E-state index contributed by atoms with van der Waals surface area (Å²) in [5, 5.41) is 5.05. The lowest BCUT2D eigenvalue weighted by Crippen LogP contribution is -2.38. The minimum atomic E-state index is -0.255. The Hall–Kier alpha value is -2.61. The molecule has 1 N–H and O–H groups in total. The van der Waals surface area contributed by atoms with E-state index >= 15 is 0 Å². The molecule has 1 aromatic carbocycles. The molecule has 1 aliphatic rings. The number of hydrogen-bond acceptors (Lipinski definition) is 6. The van der Waals surface area contributed by atoms with Crippen molar-refractivity contribution in [3.8, 4) is 11.5 Å². The fourth-order valence-corrected chi connectivity index (χ4v) is 3.36. The topological polar surface area (TPSA) is 80.8 Å². The Kier molecular flexibility index (Phi) is 6.64. The first-order valence-electron chi connectivity index (χ1n) is 9.05. The van der Waals surface area contributed by atoms with Crippen LogP contribution in [0.3, 0.4) is 0 Å². The fourth-order valence-electron chi connectivity index (χ4n) is 2.81. The third-order valence-corrected chi connectivity index (χ3v) is 4.89. The number of nitrogens with one attached hydrogen (secondary N) is 1. The van der Waals surface area contributed by atoms with Gasteiger partial charge >= 0.3 is 0 Å². The molecule has 0 fully saturated rings. The van der Waals surface area contributed by atoms with Crippen LogP contribution in [0.25, 0.3) is 0 Å². The number of thiazole rings is 1. The average Bonchev–Trinajstić information content (AvgIpc) is 3.34. The third kappa shape index (κ3) is 5.19. The smallest absolute Gasteiger partial charge is 0.254 e. The minimum absolute atomic E-state index is 0.0149. The molecule has 8 heteroatoms. The Labute approximate surface area is 162 Å². The number of rotatable bonds is 9. The Morgan fingerprint density at radius 2 is 2.07 bits per heavy atom. The van der Waals surface area contributed by atoms with Gasteiger partial charge in [0.15, 0.2) is 16.6 Å². The van der Waals surface area contributed by atoms with Crippen LogP contribution in [0.1, 0.15) is 43.0 Å². The van der Waals surface area contributed by atoms with Crippen LogP contribution in [0, 0.1) is 0 Å². The van der Waals surface area contributed by atoms with Gasteiger partial charge in [0.05, 0.1) is 0 Å². The highest BCUT2D eigenvalue weighted by Crippen LogP contribution is 2.32. The van der Waals surface area contributed by atoms with Crippen molar-refractivity contribution in [2.75, 3.05) is 25.2 Å². The van der Waals surface area contributed by atoms with Crippen LogP contribution < -0.4 is 14.8 Å². The quantitative estimate of drug-likeness (QED) is 0.664. The van der Waals surface area contributed by atoms with Crippen molar-refractivity contribution in [1.82, 2.24) is 9.88 Å². The number of nitrogens with zero attached hydrogens (tertiary/aromatic N) is 2. The molecule has 0 saturated carbocycles. The zero-order valence-electron chi connectivity index (χ0n) is 15.3. The van der Waals surface area contributed by atoms with Crippen LogP contribution in [0.4, 0.5) is 5.13 Å². The molecule has 144 valence electrons. The van der Waals surface area contributed by atoms with Crippen molar-refractivity contribution in [3.05, 3.63) is 35.3 Å². The number of fused-ring (bicyclic) bond motifs is 1. The van der Waals surface area contributed by atoms with Crippen molar-refractivity contribution >= 4 is 28.3 Å². The molecule has 0 atom stereocenters. The van der Waals surface area contributed by atoms with Gasteiger partial charge in [0, 0.05) is 23.7 Å². The van der Waals surface area contributed by atoms with Crippen LogP contribution in [0.2, 0.25) is 0 Å². The van der Waals surface area contributed by atoms with E-state index in [-0.39, 0.29) is 25.2 Å². The number of carbonyl (C=O) groups is 2. The van der Waals surface area contributed by atoms with Crippen LogP contribution in [-0.2, 0) is 4.79 Å². The van der Waals surface area contributed by atoms with Gasteiger partial charge < -0.3 is 19.7 Å². The number of amides is 2. The summed E-state index contributed by atoms with van der Waals surface area (Å²) in [6.45, 7) is 2.80. The van der Waals surface area contributed by atoms with E-state index in [2.05, 4.69) is 17.2 Å². The van der Waals surface area contributed by atoms with E-state index in [1.54, 1.807) is 34.7 Å². The van der Waals surface area contributed by atoms with Gasteiger partial charge in [-0.05, 0) is 24.6 Å². The van der Waals surface area contributed by atoms with E-state index in [4.69, 9.17) is 9.47 Å². The number of unbranched alkanes of at least 4 members (excludes halogenated alkanes) is 3. The zero-order chi connectivity index (χ0) is 19.1. The largest absolute Gasteiger partial charge is 0.454 e. The minimum Gasteiger partial charge on any atom is -0.454 e. The summed E-state index contributed by atoms with van der Waals surface area (Å²) in [7, 11) is 0. The second-order valence-corrected chi connectivity index (χ2v) is 7.14. The van der Waals surface area contributed by atoms with Gasteiger partial charge in [0.2, 0.25) is 12.7 Å². The number of ether oxygens (including phenoxy) is 2. The molecule has 0 aliphatic carbocycles. The Morgan fingerprint density at radius 3 is 2.85 bits per heavy atom. The van der Waals surface area contributed by atoms with E-state index in [0.717, 1.165) is 25.7 Å². The summed E-state index contributed by atoms with van der Waals surface area (Å²) in [5.74, 6) is 0.732. The SMILES string of the molecule is CCCCCCN(CC(=O)Nc1nccs1)C(=O)c1ccc2c(c1)OCO2. The van der Waals surface area contributed by atoms with Crippen molar-refractivity contribution < 1.29 is 19.1 Å². The van der Waals surface area contributed by atoms with Crippen LogP contribution in [-0.4, -0.2) is 41.6 Å². The molecule has 2 amide bonds. The third-order valence-electron chi connectivity index (χ3n) is 4.20. The Balaban J connectivity index is 1.67. The van der Waals surface area contributed by atoms with Gasteiger partial charge in [0.1, 0.15) is 6.54 Å². The highest BCUT2D eigenvalue weighted by Gasteiger charge is 2.22. The van der Waals surface area contributed by atoms with Crippen molar-refractivity contribution in [3.63, 3.8) is 0 Å². The summed E-state index contributed by atoms with van der Waals surface area (Å²) < 4.78 is 10.6. The van der Waals surface area contributed by atoms with Gasteiger partial charge in [-0.2, -0.15) is 0 Å². The van der Waals surface area contributed by atoms with Gasteiger partial charge in [-0.15, -0.1) is 11.3 Å². The molecule has 1 aliphatic heterocycles. The van der Waals surface area contributed by atoms with E-state index < -0.39 is 0 Å². The number of hydrogen-bond donors (Lipinski definition) is 1. The van der Waals surface area contributed by atoms with Gasteiger partial charge in [-0.1, -0.05) is 26.2 Å². The molecule has 3 rings (SSSR count). The van der Waals surface area contributed by atoms with Crippen LogP contribution in [0.5, 0.6) is 11.5 Å². The lowest BCUT2D eigenvalue weighted by Gasteiger charge is -2.22. The molecule has 0 unspecified atom stereocenters. The predicted molar refractivity (Wildman–Crippen MR) is 103 cm³/mol. The first-order chi connectivity index (χ1) is 13.2. The molecular formula is C19H23N3O4S.